The molecule has 0 unspecified atom stereocenters. The monoisotopic (exact) mass is 464 g/mol. The lowest BCUT2D eigenvalue weighted by molar-refractivity contribution is 0.102. The molecular weight excluding hydrogens is 446 g/mol. The number of anilines is 1. The van der Waals surface area contributed by atoms with Gasteiger partial charge in [0.2, 0.25) is 15.0 Å². The SMILES string of the molecule is O=C(Nc1ccccc1)c1nnc(C2CCN(S(=O)(=O)c3cc(F)ccc3F)CC2)s1. The van der Waals surface area contributed by atoms with Crippen LogP contribution in [0.15, 0.2) is 53.4 Å². The van der Waals surface area contributed by atoms with E-state index in [2.05, 4.69) is 15.5 Å². The number of nitrogens with zero attached hydrogens (tertiary/aromatic N) is 3. The van der Waals surface area contributed by atoms with Crippen molar-refractivity contribution in [2.75, 3.05) is 18.4 Å². The molecule has 1 aliphatic heterocycles. The minimum atomic E-state index is -4.14. The number of sulfonamides is 1. The van der Waals surface area contributed by atoms with Crippen LogP contribution in [0.25, 0.3) is 0 Å². The Morgan fingerprint density at radius 3 is 2.48 bits per heavy atom. The van der Waals surface area contributed by atoms with Gasteiger partial charge in [0.25, 0.3) is 5.91 Å². The highest BCUT2D eigenvalue weighted by molar-refractivity contribution is 7.89. The van der Waals surface area contributed by atoms with Crippen LogP contribution in [-0.2, 0) is 10.0 Å². The second-order valence-electron chi connectivity index (χ2n) is 7.02. The molecule has 0 radical (unpaired) electrons. The summed E-state index contributed by atoms with van der Waals surface area (Å²) in [6, 6.07) is 11.3. The summed E-state index contributed by atoms with van der Waals surface area (Å²) in [6.45, 7) is 0.266. The number of para-hydroxylation sites is 1. The largest absolute Gasteiger partial charge is 0.320 e. The number of halogens is 2. The van der Waals surface area contributed by atoms with E-state index in [0.717, 1.165) is 27.8 Å². The summed E-state index contributed by atoms with van der Waals surface area (Å²) in [6.07, 6.45) is 0.871. The van der Waals surface area contributed by atoms with E-state index < -0.39 is 26.6 Å². The Labute approximate surface area is 181 Å². The third-order valence-electron chi connectivity index (χ3n) is 4.98. The number of hydrogen-bond donors (Lipinski definition) is 1. The first kappa shape index (κ1) is 21.5. The molecule has 0 spiro atoms. The number of carbonyl (C=O) groups is 1. The van der Waals surface area contributed by atoms with Crippen LogP contribution in [-0.4, -0.2) is 41.9 Å². The average Bonchev–Trinajstić information content (AvgIpc) is 3.27. The molecule has 0 saturated carbocycles. The van der Waals surface area contributed by atoms with Gasteiger partial charge in [0, 0.05) is 24.7 Å². The lowest BCUT2D eigenvalue weighted by atomic mass is 9.99. The molecule has 1 saturated heterocycles. The predicted molar refractivity (Wildman–Crippen MR) is 111 cm³/mol. The summed E-state index contributed by atoms with van der Waals surface area (Å²) in [5.41, 5.74) is 0.646. The molecule has 31 heavy (non-hydrogen) atoms. The van der Waals surface area contributed by atoms with Crippen molar-refractivity contribution in [3.63, 3.8) is 0 Å². The van der Waals surface area contributed by atoms with Crippen molar-refractivity contribution >= 4 is 33.0 Å². The summed E-state index contributed by atoms with van der Waals surface area (Å²) in [5, 5.41) is 11.7. The van der Waals surface area contributed by atoms with E-state index in [1.807, 2.05) is 6.07 Å². The number of amides is 1. The van der Waals surface area contributed by atoms with E-state index in [9.17, 15) is 22.0 Å². The minimum Gasteiger partial charge on any atom is -0.320 e. The molecule has 7 nitrogen and oxygen atoms in total. The van der Waals surface area contributed by atoms with Gasteiger partial charge < -0.3 is 5.32 Å². The van der Waals surface area contributed by atoms with Crippen LogP contribution in [0.4, 0.5) is 14.5 Å². The van der Waals surface area contributed by atoms with Gasteiger partial charge in [-0.25, -0.2) is 17.2 Å². The molecule has 162 valence electrons. The number of hydrogen-bond acceptors (Lipinski definition) is 6. The summed E-state index contributed by atoms with van der Waals surface area (Å²) >= 11 is 1.16. The molecule has 1 amide bonds. The van der Waals surface area contributed by atoms with E-state index in [-0.39, 0.29) is 29.9 Å². The molecule has 0 bridgehead atoms. The summed E-state index contributed by atoms with van der Waals surface area (Å²) in [4.78, 5) is 11.7. The van der Waals surface area contributed by atoms with E-state index in [1.165, 1.54) is 0 Å². The Kier molecular flexibility index (Phi) is 6.08. The number of benzene rings is 2. The third-order valence-corrected chi connectivity index (χ3v) is 7.98. The van der Waals surface area contributed by atoms with Gasteiger partial charge >= 0.3 is 0 Å². The molecule has 0 aliphatic carbocycles. The number of piperidine rings is 1. The molecular formula is C20H18F2N4O3S2. The summed E-state index contributed by atoms with van der Waals surface area (Å²) in [5.74, 6) is -2.23. The average molecular weight is 465 g/mol. The van der Waals surface area contributed by atoms with Crippen molar-refractivity contribution in [2.24, 2.45) is 0 Å². The first-order valence-corrected chi connectivity index (χ1v) is 11.8. The van der Waals surface area contributed by atoms with E-state index >= 15 is 0 Å². The molecule has 2 aromatic carbocycles. The Hall–Kier alpha value is -2.76. The molecule has 2 heterocycles. The fraction of sp³-hybridized carbons (Fsp3) is 0.250. The van der Waals surface area contributed by atoms with Crippen LogP contribution < -0.4 is 5.32 Å². The maximum Gasteiger partial charge on any atom is 0.286 e. The maximum atomic E-state index is 14.0. The first-order chi connectivity index (χ1) is 14.8. The molecule has 1 fully saturated rings. The normalized spacial score (nSPS) is 15.7. The molecule has 4 rings (SSSR count). The van der Waals surface area contributed by atoms with Gasteiger partial charge in [0.15, 0.2) is 0 Å². The Morgan fingerprint density at radius 1 is 1.06 bits per heavy atom. The Morgan fingerprint density at radius 2 is 1.77 bits per heavy atom. The Balaban J connectivity index is 1.41. The van der Waals surface area contributed by atoms with Gasteiger partial charge in [0.05, 0.1) is 0 Å². The van der Waals surface area contributed by atoms with Crippen molar-refractivity contribution in [1.29, 1.82) is 0 Å². The van der Waals surface area contributed by atoms with Crippen LogP contribution in [0.3, 0.4) is 0 Å². The van der Waals surface area contributed by atoms with Gasteiger partial charge in [-0.2, -0.15) is 4.31 Å². The highest BCUT2D eigenvalue weighted by Crippen LogP contribution is 2.33. The lowest BCUT2D eigenvalue weighted by Gasteiger charge is -2.30. The van der Waals surface area contributed by atoms with Crippen molar-refractivity contribution in [3.8, 4) is 0 Å². The number of aromatic nitrogens is 2. The van der Waals surface area contributed by atoms with Crippen molar-refractivity contribution in [1.82, 2.24) is 14.5 Å². The fourth-order valence-electron chi connectivity index (χ4n) is 3.35. The predicted octanol–water partition coefficient (Wildman–Crippen LogP) is 3.64. The van der Waals surface area contributed by atoms with Gasteiger partial charge in [-0.3, -0.25) is 4.79 Å². The molecule has 3 aromatic rings. The molecule has 11 heteroatoms. The zero-order valence-electron chi connectivity index (χ0n) is 16.2. The van der Waals surface area contributed by atoms with Crippen LogP contribution in [0, 0.1) is 11.6 Å². The lowest BCUT2D eigenvalue weighted by Crippen LogP contribution is -2.38. The molecule has 0 atom stereocenters. The van der Waals surface area contributed by atoms with Gasteiger partial charge in [-0.15, -0.1) is 10.2 Å². The van der Waals surface area contributed by atoms with E-state index in [0.29, 0.717) is 29.6 Å². The van der Waals surface area contributed by atoms with E-state index in [1.54, 1.807) is 24.3 Å². The van der Waals surface area contributed by atoms with Crippen molar-refractivity contribution in [2.45, 2.75) is 23.7 Å². The van der Waals surface area contributed by atoms with Crippen LogP contribution in [0.2, 0.25) is 0 Å². The number of carbonyl (C=O) groups excluding carboxylic acids is 1. The topological polar surface area (TPSA) is 92.3 Å². The van der Waals surface area contributed by atoms with Crippen LogP contribution >= 0.6 is 11.3 Å². The number of nitrogens with one attached hydrogen (secondary N) is 1. The first-order valence-electron chi connectivity index (χ1n) is 9.49. The maximum absolute atomic E-state index is 14.0. The van der Waals surface area contributed by atoms with E-state index in [4.69, 9.17) is 0 Å². The fourth-order valence-corrected chi connectivity index (χ4v) is 5.81. The van der Waals surface area contributed by atoms with Gasteiger partial charge in [0.1, 0.15) is 21.5 Å². The van der Waals surface area contributed by atoms with Crippen LogP contribution in [0.5, 0.6) is 0 Å². The number of rotatable bonds is 5. The quantitative estimate of drug-likeness (QED) is 0.623. The summed E-state index contributed by atoms with van der Waals surface area (Å²) in [7, 11) is -4.14. The second-order valence-corrected chi connectivity index (χ2v) is 9.93. The second kappa shape index (κ2) is 8.77. The molecule has 1 N–H and O–H groups in total. The zero-order valence-corrected chi connectivity index (χ0v) is 17.8. The standard InChI is InChI=1S/C20H18F2N4O3S2/c21-14-6-7-16(22)17(12-14)31(28,29)26-10-8-13(9-11-26)19-24-25-20(30-19)18(27)23-15-4-2-1-3-5-15/h1-7,12-13H,8-11H2,(H,23,27). The third kappa shape index (κ3) is 4.63. The highest BCUT2D eigenvalue weighted by atomic mass is 32.2. The molecule has 1 aliphatic rings. The molecule has 1 aromatic heterocycles. The van der Waals surface area contributed by atoms with Gasteiger partial charge in [-0.1, -0.05) is 29.5 Å². The zero-order chi connectivity index (χ0) is 22.0. The van der Waals surface area contributed by atoms with Crippen molar-refractivity contribution < 1.29 is 22.0 Å². The Bertz CT molecular complexity index is 1190. The smallest absolute Gasteiger partial charge is 0.286 e. The van der Waals surface area contributed by atoms with Crippen LogP contribution in [0.1, 0.15) is 33.6 Å². The minimum absolute atomic E-state index is 0.0698. The highest BCUT2D eigenvalue weighted by Gasteiger charge is 2.33. The summed E-state index contributed by atoms with van der Waals surface area (Å²) < 4.78 is 54.0. The van der Waals surface area contributed by atoms with Crippen molar-refractivity contribution in [3.05, 3.63) is 70.2 Å². The van der Waals surface area contributed by atoms with Gasteiger partial charge in [-0.05, 0) is 43.2 Å².